The van der Waals surface area contributed by atoms with Crippen molar-refractivity contribution in [2.45, 2.75) is 13.5 Å². The zero-order chi connectivity index (χ0) is 13.9. The quantitative estimate of drug-likeness (QED) is 0.681. The summed E-state index contributed by atoms with van der Waals surface area (Å²) in [7, 11) is 0. The van der Waals surface area contributed by atoms with E-state index in [0.717, 1.165) is 11.1 Å². The van der Waals surface area contributed by atoms with Gasteiger partial charge in [0.1, 0.15) is 12.4 Å². The molecule has 0 saturated heterocycles. The molecule has 3 heterocycles. The van der Waals surface area contributed by atoms with Crippen LogP contribution in [0.3, 0.4) is 0 Å². The number of hydrogen-bond donors (Lipinski definition) is 0. The van der Waals surface area contributed by atoms with E-state index in [1.807, 2.05) is 22.7 Å². The summed E-state index contributed by atoms with van der Waals surface area (Å²) in [5.41, 5.74) is 2.53. The van der Waals surface area contributed by atoms with Gasteiger partial charge in [0.05, 0.1) is 29.8 Å². The number of aromatic nitrogens is 3. The first-order valence-electron chi connectivity index (χ1n) is 6.23. The van der Waals surface area contributed by atoms with Crippen LogP contribution in [0.2, 0.25) is 0 Å². The van der Waals surface area contributed by atoms with E-state index in [4.69, 9.17) is 4.74 Å². The third-order valence-corrected chi connectivity index (χ3v) is 3.09. The first-order chi connectivity index (χ1) is 9.75. The zero-order valence-electron chi connectivity index (χ0n) is 11.0. The van der Waals surface area contributed by atoms with Crippen molar-refractivity contribution < 1.29 is 9.53 Å². The number of carbonyl (C=O) groups excluding carboxylic acids is 1. The van der Waals surface area contributed by atoms with Gasteiger partial charge in [-0.05, 0) is 19.1 Å². The maximum Gasteiger partial charge on any atom is 0.163 e. The number of imidazole rings is 1. The minimum atomic E-state index is -0.0371. The molecule has 0 amide bonds. The summed E-state index contributed by atoms with van der Waals surface area (Å²) in [5, 5.41) is 0. The van der Waals surface area contributed by atoms with Gasteiger partial charge in [-0.15, -0.1) is 0 Å². The molecule has 3 aromatic heterocycles. The van der Waals surface area contributed by atoms with Crippen LogP contribution in [-0.2, 0) is 6.61 Å². The highest BCUT2D eigenvalue weighted by Crippen LogP contribution is 2.19. The molecule has 0 N–H and O–H groups in total. The van der Waals surface area contributed by atoms with E-state index in [9.17, 15) is 4.79 Å². The van der Waals surface area contributed by atoms with Crippen molar-refractivity contribution in [3.05, 3.63) is 60.4 Å². The molecule has 0 aliphatic rings. The minimum Gasteiger partial charge on any atom is -0.486 e. The fraction of sp³-hybridized carbons (Fsp3) is 0.133. The lowest BCUT2D eigenvalue weighted by atomic mass is 10.2. The molecule has 0 aromatic carbocycles. The highest BCUT2D eigenvalue weighted by Gasteiger charge is 2.09. The van der Waals surface area contributed by atoms with Crippen molar-refractivity contribution >= 4 is 11.3 Å². The molecular formula is C15H13N3O2. The van der Waals surface area contributed by atoms with Gasteiger partial charge in [0.25, 0.3) is 0 Å². The van der Waals surface area contributed by atoms with Gasteiger partial charge in [0, 0.05) is 18.0 Å². The summed E-state index contributed by atoms with van der Waals surface area (Å²) in [6.45, 7) is 1.88. The molecule has 0 unspecified atom stereocenters. The van der Waals surface area contributed by atoms with Crippen LogP contribution in [-0.4, -0.2) is 20.2 Å². The lowest BCUT2D eigenvalue weighted by Gasteiger charge is -2.10. The first-order valence-corrected chi connectivity index (χ1v) is 6.23. The van der Waals surface area contributed by atoms with E-state index in [2.05, 4.69) is 9.97 Å². The van der Waals surface area contributed by atoms with Crippen LogP contribution in [0, 0.1) is 0 Å². The smallest absolute Gasteiger partial charge is 0.163 e. The average Bonchev–Trinajstić information content (AvgIpc) is 2.94. The highest BCUT2D eigenvalue weighted by molar-refractivity contribution is 5.96. The van der Waals surface area contributed by atoms with E-state index in [0.29, 0.717) is 17.9 Å². The number of fused-ring (bicyclic) bond motifs is 1. The van der Waals surface area contributed by atoms with Gasteiger partial charge in [-0.3, -0.25) is 9.78 Å². The van der Waals surface area contributed by atoms with Gasteiger partial charge in [0.2, 0.25) is 0 Å². The standard InChI is InChI=1S/C15H13N3O2/c1-11(19)13-4-5-16-8-15(13)20-9-12-3-2-6-18-10-17-7-14(12)18/h2-8,10H,9H2,1H3. The summed E-state index contributed by atoms with van der Waals surface area (Å²) in [5.74, 6) is 0.464. The molecule has 0 saturated carbocycles. The van der Waals surface area contributed by atoms with Crippen molar-refractivity contribution in [2.75, 3.05) is 0 Å². The van der Waals surface area contributed by atoms with Crippen LogP contribution >= 0.6 is 0 Å². The lowest BCUT2D eigenvalue weighted by Crippen LogP contribution is -2.03. The lowest BCUT2D eigenvalue weighted by molar-refractivity contribution is 0.101. The molecule has 5 heteroatoms. The molecular weight excluding hydrogens is 254 g/mol. The second-order valence-corrected chi connectivity index (χ2v) is 4.44. The summed E-state index contributed by atoms with van der Waals surface area (Å²) in [4.78, 5) is 19.6. The third-order valence-electron chi connectivity index (χ3n) is 3.09. The van der Waals surface area contributed by atoms with E-state index < -0.39 is 0 Å². The predicted octanol–water partition coefficient (Wildman–Crippen LogP) is 2.51. The second kappa shape index (κ2) is 5.13. The number of carbonyl (C=O) groups is 1. The highest BCUT2D eigenvalue weighted by atomic mass is 16.5. The van der Waals surface area contributed by atoms with Gasteiger partial charge in [-0.1, -0.05) is 6.07 Å². The number of ether oxygens (including phenoxy) is 1. The van der Waals surface area contributed by atoms with Crippen molar-refractivity contribution in [1.29, 1.82) is 0 Å². The Morgan fingerprint density at radius 3 is 3.05 bits per heavy atom. The Morgan fingerprint density at radius 1 is 1.30 bits per heavy atom. The summed E-state index contributed by atoms with van der Waals surface area (Å²) < 4.78 is 7.66. The number of rotatable bonds is 4. The molecule has 0 aliphatic heterocycles. The molecule has 0 radical (unpaired) electrons. The number of nitrogens with zero attached hydrogens (tertiary/aromatic N) is 3. The minimum absolute atomic E-state index is 0.0371. The molecule has 0 aliphatic carbocycles. The maximum absolute atomic E-state index is 11.5. The summed E-state index contributed by atoms with van der Waals surface area (Å²) in [6.07, 6.45) is 8.60. The van der Waals surface area contributed by atoms with Crippen LogP contribution in [0.4, 0.5) is 0 Å². The Bertz CT molecular complexity index is 764. The van der Waals surface area contributed by atoms with Crippen LogP contribution < -0.4 is 4.74 Å². The largest absolute Gasteiger partial charge is 0.486 e. The van der Waals surface area contributed by atoms with E-state index in [-0.39, 0.29) is 5.78 Å². The SMILES string of the molecule is CC(=O)c1ccncc1OCc1cccn2cncc12. The molecule has 0 fully saturated rings. The van der Waals surface area contributed by atoms with Crippen molar-refractivity contribution in [1.82, 2.24) is 14.4 Å². The van der Waals surface area contributed by atoms with Gasteiger partial charge >= 0.3 is 0 Å². The zero-order valence-corrected chi connectivity index (χ0v) is 11.0. The van der Waals surface area contributed by atoms with E-state index >= 15 is 0 Å². The van der Waals surface area contributed by atoms with E-state index in [1.54, 1.807) is 31.0 Å². The fourth-order valence-corrected chi connectivity index (χ4v) is 2.07. The molecule has 0 spiro atoms. The topological polar surface area (TPSA) is 56.5 Å². The molecule has 3 aromatic rings. The van der Waals surface area contributed by atoms with Gasteiger partial charge in [0.15, 0.2) is 5.78 Å². The van der Waals surface area contributed by atoms with Crippen molar-refractivity contribution in [2.24, 2.45) is 0 Å². The van der Waals surface area contributed by atoms with Gasteiger partial charge in [-0.25, -0.2) is 4.98 Å². The molecule has 5 nitrogen and oxygen atoms in total. The maximum atomic E-state index is 11.5. The first kappa shape index (κ1) is 12.3. The Hall–Kier alpha value is -2.69. The van der Waals surface area contributed by atoms with E-state index in [1.165, 1.54) is 6.92 Å². The van der Waals surface area contributed by atoms with Crippen LogP contribution in [0.15, 0.2) is 49.3 Å². The van der Waals surface area contributed by atoms with Crippen LogP contribution in [0.5, 0.6) is 5.75 Å². The molecule has 3 rings (SSSR count). The molecule has 0 atom stereocenters. The van der Waals surface area contributed by atoms with Crippen LogP contribution in [0.1, 0.15) is 22.8 Å². The predicted molar refractivity (Wildman–Crippen MR) is 73.8 cm³/mol. The fourth-order valence-electron chi connectivity index (χ4n) is 2.07. The molecule has 100 valence electrons. The monoisotopic (exact) mass is 267 g/mol. The Kier molecular flexibility index (Phi) is 3.16. The van der Waals surface area contributed by atoms with Gasteiger partial charge in [-0.2, -0.15) is 0 Å². The third kappa shape index (κ3) is 2.25. The number of ketones is 1. The Balaban J connectivity index is 1.87. The summed E-state index contributed by atoms with van der Waals surface area (Å²) >= 11 is 0. The molecule has 0 bridgehead atoms. The number of Topliss-reactive ketones (excluding diaryl/α,β-unsaturated/α-hetero) is 1. The van der Waals surface area contributed by atoms with Crippen molar-refractivity contribution in [3.63, 3.8) is 0 Å². The molecule has 20 heavy (non-hydrogen) atoms. The number of hydrogen-bond acceptors (Lipinski definition) is 4. The second-order valence-electron chi connectivity index (χ2n) is 4.44. The summed E-state index contributed by atoms with van der Waals surface area (Å²) in [6, 6.07) is 5.57. The van der Waals surface area contributed by atoms with Crippen LogP contribution in [0.25, 0.3) is 5.52 Å². The Labute approximate surface area is 115 Å². The Morgan fingerprint density at radius 2 is 2.20 bits per heavy atom. The normalized spacial score (nSPS) is 10.7. The van der Waals surface area contributed by atoms with Crippen molar-refractivity contribution in [3.8, 4) is 5.75 Å². The number of pyridine rings is 2. The average molecular weight is 267 g/mol. The van der Waals surface area contributed by atoms with Gasteiger partial charge < -0.3 is 9.14 Å².